The van der Waals surface area contributed by atoms with Gasteiger partial charge >= 0.3 is 0 Å². The van der Waals surface area contributed by atoms with Crippen molar-refractivity contribution in [3.8, 4) is 0 Å². The highest BCUT2D eigenvalue weighted by Crippen LogP contribution is 2.47. The number of ether oxygens (including phenoxy) is 1. The van der Waals surface area contributed by atoms with Crippen molar-refractivity contribution < 1.29 is 20.1 Å². The summed E-state index contributed by atoms with van der Waals surface area (Å²) in [5.41, 5.74) is 8.30. The van der Waals surface area contributed by atoms with Crippen molar-refractivity contribution in [3.63, 3.8) is 0 Å². The largest absolute Gasteiger partial charge is 0.394 e. The third kappa shape index (κ3) is 2.50. The molecule has 4 aromatic rings. The number of benzene rings is 2. The second kappa shape index (κ2) is 6.81. The first-order chi connectivity index (χ1) is 15.5. The van der Waals surface area contributed by atoms with E-state index < -0.39 is 30.6 Å². The molecule has 6 rings (SSSR count). The first-order valence-corrected chi connectivity index (χ1v) is 10.3. The fourth-order valence-corrected chi connectivity index (χ4v) is 5.02. The molecule has 2 aliphatic rings. The number of nitrogen functional groups attached to an aromatic ring is 1. The summed E-state index contributed by atoms with van der Waals surface area (Å²) in [5.74, 6) is 0.202. The second-order valence-corrected chi connectivity index (χ2v) is 8.26. The fraction of sp³-hybridized carbons (Fsp3) is 0.261. The Labute approximate surface area is 182 Å². The SMILES string of the molecule is Nc1ncnc2c1ncn2[C@]1(CC2=Cc3cccc4cccc2c34)O[C@H](CO)[C@@H](O)[C@H]1O. The Kier molecular flexibility index (Phi) is 4.11. The van der Waals surface area contributed by atoms with E-state index in [1.807, 2.05) is 24.3 Å². The molecule has 5 N–H and O–H groups in total. The third-order valence-electron chi connectivity index (χ3n) is 6.53. The van der Waals surface area contributed by atoms with Crippen molar-refractivity contribution in [2.45, 2.75) is 30.5 Å². The molecule has 0 unspecified atom stereocenters. The first-order valence-electron chi connectivity index (χ1n) is 10.3. The van der Waals surface area contributed by atoms with Gasteiger partial charge in [-0.2, -0.15) is 0 Å². The Balaban J connectivity index is 1.54. The topological polar surface area (TPSA) is 140 Å². The number of aliphatic hydroxyl groups is 3. The molecule has 9 heteroatoms. The summed E-state index contributed by atoms with van der Waals surface area (Å²) in [5, 5.41) is 34.0. The maximum Gasteiger partial charge on any atom is 0.180 e. The van der Waals surface area contributed by atoms with Gasteiger partial charge in [-0.1, -0.05) is 42.5 Å². The van der Waals surface area contributed by atoms with Crippen LogP contribution in [-0.2, 0) is 10.5 Å². The molecule has 1 fully saturated rings. The normalized spacial score (nSPS) is 26.8. The standard InChI is InChI=1S/C23H21N5O4/c24-21-18-22(26-10-25-21)28(11-27-18)23(20(31)19(30)16(9-29)32-23)8-14-7-13-5-1-3-12-4-2-6-15(14)17(12)13/h1-7,10-11,16,19-20,29-31H,8-9H2,(H2,24,25,26)/t16-,19-,20-,23-/m1/s1. The maximum atomic E-state index is 11.2. The van der Waals surface area contributed by atoms with Crippen LogP contribution in [0.3, 0.4) is 0 Å². The highest BCUT2D eigenvalue weighted by molar-refractivity contribution is 6.09. The number of hydrogen-bond acceptors (Lipinski definition) is 8. The lowest BCUT2D eigenvalue weighted by Gasteiger charge is -2.34. The van der Waals surface area contributed by atoms with Gasteiger partial charge in [0, 0.05) is 6.42 Å². The molecule has 2 aromatic heterocycles. The lowest BCUT2D eigenvalue weighted by Crippen LogP contribution is -2.45. The van der Waals surface area contributed by atoms with E-state index >= 15 is 0 Å². The molecule has 0 bridgehead atoms. The molecule has 32 heavy (non-hydrogen) atoms. The van der Waals surface area contributed by atoms with Gasteiger partial charge in [-0.25, -0.2) is 15.0 Å². The average Bonchev–Trinajstić information content (AvgIpc) is 3.46. The summed E-state index contributed by atoms with van der Waals surface area (Å²) in [6, 6.07) is 12.2. The Morgan fingerprint density at radius 2 is 1.91 bits per heavy atom. The van der Waals surface area contributed by atoms with Crippen LogP contribution in [-0.4, -0.2) is 59.8 Å². The first kappa shape index (κ1) is 19.3. The van der Waals surface area contributed by atoms with Crippen molar-refractivity contribution >= 4 is 39.4 Å². The molecular weight excluding hydrogens is 410 g/mol. The van der Waals surface area contributed by atoms with Crippen LogP contribution in [0.1, 0.15) is 17.5 Å². The quantitative estimate of drug-likeness (QED) is 0.379. The predicted molar refractivity (Wildman–Crippen MR) is 118 cm³/mol. The number of fused-ring (bicyclic) bond motifs is 1. The highest BCUT2D eigenvalue weighted by atomic mass is 16.6. The van der Waals surface area contributed by atoms with Gasteiger partial charge in [0.1, 0.15) is 30.2 Å². The summed E-state index contributed by atoms with van der Waals surface area (Å²) >= 11 is 0. The van der Waals surface area contributed by atoms with Crippen LogP contribution in [0.5, 0.6) is 0 Å². The minimum absolute atomic E-state index is 0.202. The number of nitrogens with two attached hydrogens (primary N) is 1. The van der Waals surface area contributed by atoms with E-state index in [1.54, 1.807) is 4.57 Å². The van der Waals surface area contributed by atoms with Gasteiger partial charge in [0.05, 0.1) is 12.9 Å². The third-order valence-corrected chi connectivity index (χ3v) is 6.53. The van der Waals surface area contributed by atoms with Crippen LogP contribution in [0.2, 0.25) is 0 Å². The molecule has 0 saturated carbocycles. The number of imidazole rings is 1. The lowest BCUT2D eigenvalue weighted by atomic mass is 9.91. The molecule has 3 heterocycles. The van der Waals surface area contributed by atoms with Crippen LogP contribution in [0.4, 0.5) is 5.82 Å². The van der Waals surface area contributed by atoms with Gasteiger partial charge in [0.15, 0.2) is 17.2 Å². The lowest BCUT2D eigenvalue weighted by molar-refractivity contribution is -0.141. The van der Waals surface area contributed by atoms with Gasteiger partial charge in [0.2, 0.25) is 0 Å². The van der Waals surface area contributed by atoms with Crippen LogP contribution >= 0.6 is 0 Å². The van der Waals surface area contributed by atoms with E-state index in [0.29, 0.717) is 11.2 Å². The summed E-state index contributed by atoms with van der Waals surface area (Å²) in [4.78, 5) is 12.6. The van der Waals surface area contributed by atoms with Crippen molar-refractivity contribution in [3.05, 3.63) is 60.2 Å². The van der Waals surface area contributed by atoms with Crippen LogP contribution < -0.4 is 5.73 Å². The van der Waals surface area contributed by atoms with Crippen molar-refractivity contribution in [1.82, 2.24) is 19.5 Å². The number of aromatic nitrogens is 4. The van der Waals surface area contributed by atoms with Crippen LogP contribution in [0.15, 0.2) is 49.1 Å². The summed E-state index contributed by atoms with van der Waals surface area (Å²) in [6.45, 7) is -0.446. The van der Waals surface area contributed by atoms with Gasteiger partial charge in [0.25, 0.3) is 0 Å². The number of nitrogens with zero attached hydrogens (tertiary/aromatic N) is 4. The molecule has 1 aliphatic carbocycles. The second-order valence-electron chi connectivity index (χ2n) is 8.26. The molecule has 0 radical (unpaired) electrons. The van der Waals surface area contributed by atoms with Crippen LogP contribution in [0, 0.1) is 0 Å². The fourth-order valence-electron chi connectivity index (χ4n) is 5.02. The Morgan fingerprint density at radius 3 is 2.69 bits per heavy atom. The summed E-state index contributed by atoms with van der Waals surface area (Å²) < 4.78 is 7.79. The zero-order valence-electron chi connectivity index (χ0n) is 17.0. The van der Waals surface area contributed by atoms with Gasteiger partial charge in [-0.05, 0) is 27.5 Å². The van der Waals surface area contributed by atoms with E-state index in [2.05, 4.69) is 33.2 Å². The van der Waals surface area contributed by atoms with E-state index in [1.165, 1.54) is 12.7 Å². The van der Waals surface area contributed by atoms with Gasteiger partial charge in [-0.3, -0.25) is 4.57 Å². The molecule has 0 spiro atoms. The number of anilines is 1. The zero-order valence-corrected chi connectivity index (χ0v) is 17.0. The molecule has 1 aliphatic heterocycles. The van der Waals surface area contributed by atoms with E-state index in [9.17, 15) is 15.3 Å². The molecule has 9 nitrogen and oxygen atoms in total. The van der Waals surface area contributed by atoms with Crippen molar-refractivity contribution in [1.29, 1.82) is 0 Å². The van der Waals surface area contributed by atoms with Gasteiger partial charge in [-0.15, -0.1) is 0 Å². The van der Waals surface area contributed by atoms with E-state index in [4.69, 9.17) is 10.5 Å². The summed E-state index contributed by atoms with van der Waals surface area (Å²) in [7, 11) is 0. The molecule has 0 amide bonds. The van der Waals surface area contributed by atoms with Crippen LogP contribution in [0.25, 0.3) is 33.6 Å². The van der Waals surface area contributed by atoms with Crippen molar-refractivity contribution in [2.24, 2.45) is 0 Å². The van der Waals surface area contributed by atoms with E-state index in [-0.39, 0.29) is 12.2 Å². The minimum Gasteiger partial charge on any atom is -0.394 e. The number of rotatable bonds is 4. The highest BCUT2D eigenvalue weighted by Gasteiger charge is 2.56. The zero-order chi connectivity index (χ0) is 22.0. The average molecular weight is 431 g/mol. The molecule has 1 saturated heterocycles. The maximum absolute atomic E-state index is 11.2. The van der Waals surface area contributed by atoms with E-state index in [0.717, 1.165) is 27.5 Å². The molecular formula is C23H21N5O4. The Morgan fingerprint density at radius 1 is 1.09 bits per heavy atom. The molecule has 2 aromatic carbocycles. The van der Waals surface area contributed by atoms with Gasteiger partial charge < -0.3 is 25.8 Å². The smallest absolute Gasteiger partial charge is 0.180 e. The summed E-state index contributed by atoms with van der Waals surface area (Å²) in [6.07, 6.45) is 1.46. The number of aliphatic hydroxyl groups excluding tert-OH is 3. The minimum atomic E-state index is -1.46. The monoisotopic (exact) mass is 431 g/mol. The predicted octanol–water partition coefficient (Wildman–Crippen LogP) is 1.27. The van der Waals surface area contributed by atoms with Crippen molar-refractivity contribution in [2.75, 3.05) is 12.3 Å². The Bertz CT molecular complexity index is 1390. The molecule has 4 atom stereocenters. The number of hydrogen-bond donors (Lipinski definition) is 4. The molecule has 162 valence electrons. The Hall–Kier alpha value is -3.37.